The highest BCUT2D eigenvalue weighted by Crippen LogP contribution is 2.21. The number of ether oxygens (including phenoxy) is 1. The van der Waals surface area contributed by atoms with E-state index in [1.807, 2.05) is 36.4 Å². The van der Waals surface area contributed by atoms with E-state index in [-0.39, 0.29) is 38.5 Å². The summed E-state index contributed by atoms with van der Waals surface area (Å²) in [4.78, 5) is 56.5. The Morgan fingerprint density at radius 1 is 0.925 bits per heavy atom. The van der Waals surface area contributed by atoms with Crippen LogP contribution in [-0.2, 0) is 25.7 Å². The molecule has 3 aromatic carbocycles. The minimum atomic E-state index is -1.30. The monoisotopic (exact) mass is 547 g/mol. The molecule has 40 heavy (non-hydrogen) atoms. The molecule has 0 aliphatic rings. The SMILES string of the molecule is NCC(=O)NCC(=O)N(C(=O)OCc1ccccc1)C(CCCN=C(N)N)C(=O)Nc1ccc2ccccc2c1. The maximum Gasteiger partial charge on any atom is 0.417 e. The van der Waals surface area contributed by atoms with E-state index in [1.54, 1.807) is 36.4 Å². The smallest absolute Gasteiger partial charge is 0.417 e. The average molecular weight is 548 g/mol. The zero-order valence-corrected chi connectivity index (χ0v) is 21.9. The third-order valence-electron chi connectivity index (χ3n) is 5.85. The van der Waals surface area contributed by atoms with Crippen LogP contribution in [0.25, 0.3) is 10.8 Å². The molecule has 0 aliphatic carbocycles. The number of rotatable bonds is 12. The maximum absolute atomic E-state index is 13.6. The molecular formula is C28H33N7O5. The van der Waals surface area contributed by atoms with Crippen LogP contribution in [0.5, 0.6) is 0 Å². The largest absolute Gasteiger partial charge is 0.444 e. The molecule has 0 saturated carbocycles. The van der Waals surface area contributed by atoms with Crippen LogP contribution in [-0.4, -0.2) is 60.4 Å². The van der Waals surface area contributed by atoms with Crippen molar-refractivity contribution in [2.75, 3.05) is 25.0 Å². The molecule has 3 rings (SSSR count). The molecule has 12 nitrogen and oxygen atoms in total. The van der Waals surface area contributed by atoms with E-state index < -0.39 is 36.4 Å². The van der Waals surface area contributed by atoms with Crippen LogP contribution in [0.4, 0.5) is 10.5 Å². The molecule has 0 heterocycles. The fourth-order valence-electron chi connectivity index (χ4n) is 3.89. The first-order chi connectivity index (χ1) is 19.3. The van der Waals surface area contributed by atoms with Crippen LogP contribution in [0.1, 0.15) is 18.4 Å². The van der Waals surface area contributed by atoms with Gasteiger partial charge in [-0.2, -0.15) is 0 Å². The molecule has 0 fully saturated rings. The van der Waals surface area contributed by atoms with Crippen molar-refractivity contribution >= 4 is 46.2 Å². The Balaban J connectivity index is 1.88. The van der Waals surface area contributed by atoms with E-state index in [2.05, 4.69) is 15.6 Å². The summed E-state index contributed by atoms with van der Waals surface area (Å²) >= 11 is 0. The van der Waals surface area contributed by atoms with Gasteiger partial charge in [0.05, 0.1) is 13.1 Å². The summed E-state index contributed by atoms with van der Waals surface area (Å²) in [6.07, 6.45) is -0.761. The van der Waals surface area contributed by atoms with Crippen molar-refractivity contribution in [1.29, 1.82) is 0 Å². The number of aliphatic imine (C=N–C) groups is 1. The highest BCUT2D eigenvalue weighted by Gasteiger charge is 2.36. The number of fused-ring (bicyclic) bond motifs is 1. The number of carbonyl (C=O) groups excluding carboxylic acids is 4. The number of benzene rings is 3. The highest BCUT2D eigenvalue weighted by molar-refractivity contribution is 6.04. The molecule has 0 radical (unpaired) electrons. The molecule has 8 N–H and O–H groups in total. The van der Waals surface area contributed by atoms with Gasteiger partial charge >= 0.3 is 6.09 Å². The normalized spacial score (nSPS) is 11.2. The van der Waals surface area contributed by atoms with Gasteiger partial charge in [0.1, 0.15) is 12.6 Å². The van der Waals surface area contributed by atoms with Crippen LogP contribution in [0.2, 0.25) is 0 Å². The summed E-state index contributed by atoms with van der Waals surface area (Å²) in [6.45, 7) is -0.890. The molecule has 0 aromatic heterocycles. The van der Waals surface area contributed by atoms with E-state index in [1.165, 1.54) is 0 Å². The first-order valence-electron chi connectivity index (χ1n) is 12.6. The van der Waals surface area contributed by atoms with Gasteiger partial charge < -0.3 is 32.6 Å². The van der Waals surface area contributed by atoms with Gasteiger partial charge in [0.15, 0.2) is 5.96 Å². The topological polar surface area (TPSA) is 195 Å². The first kappa shape index (κ1) is 29.6. The standard InChI is InChI=1S/C28H33N7O5/c29-16-24(36)33-17-25(37)35(28(39)40-18-19-7-2-1-3-8-19)23(11-6-14-32-27(30)31)26(38)34-22-13-12-20-9-4-5-10-21(20)15-22/h1-5,7-10,12-13,15,23H,6,11,14,16-18,29H2,(H,33,36)(H,34,38)(H4,30,31,32). The second-order valence-electron chi connectivity index (χ2n) is 8.80. The fourth-order valence-corrected chi connectivity index (χ4v) is 3.89. The lowest BCUT2D eigenvalue weighted by atomic mass is 10.1. The highest BCUT2D eigenvalue weighted by atomic mass is 16.6. The van der Waals surface area contributed by atoms with E-state index in [0.717, 1.165) is 10.8 Å². The van der Waals surface area contributed by atoms with Crippen molar-refractivity contribution < 1.29 is 23.9 Å². The second kappa shape index (κ2) is 14.8. The van der Waals surface area contributed by atoms with Crippen molar-refractivity contribution in [1.82, 2.24) is 10.2 Å². The zero-order chi connectivity index (χ0) is 28.9. The molecule has 3 aromatic rings. The Labute approximate surface area is 231 Å². The van der Waals surface area contributed by atoms with Gasteiger partial charge in [-0.15, -0.1) is 0 Å². The van der Waals surface area contributed by atoms with Crippen molar-refractivity contribution in [2.45, 2.75) is 25.5 Å². The minimum absolute atomic E-state index is 0.0210. The number of hydrogen-bond donors (Lipinski definition) is 5. The number of guanidine groups is 1. The van der Waals surface area contributed by atoms with Crippen LogP contribution in [0.15, 0.2) is 77.8 Å². The lowest BCUT2D eigenvalue weighted by molar-refractivity contribution is -0.137. The Hall–Kier alpha value is -4.97. The number of carbonyl (C=O) groups is 4. The van der Waals surface area contributed by atoms with Crippen molar-refractivity contribution in [3.8, 4) is 0 Å². The first-order valence-corrected chi connectivity index (χ1v) is 12.6. The van der Waals surface area contributed by atoms with Gasteiger partial charge in [-0.1, -0.05) is 60.7 Å². The predicted octanol–water partition coefficient (Wildman–Crippen LogP) is 1.44. The average Bonchev–Trinajstić information content (AvgIpc) is 2.96. The third kappa shape index (κ3) is 8.81. The Kier molecular flexibility index (Phi) is 11.0. The number of anilines is 1. The molecule has 1 unspecified atom stereocenters. The number of nitrogens with two attached hydrogens (primary N) is 3. The third-order valence-corrected chi connectivity index (χ3v) is 5.85. The van der Waals surface area contributed by atoms with Crippen LogP contribution < -0.4 is 27.8 Å². The molecule has 1 atom stereocenters. The molecule has 0 bridgehead atoms. The number of hydrogen-bond acceptors (Lipinski definition) is 7. The summed E-state index contributed by atoms with van der Waals surface area (Å²) in [5.41, 5.74) is 17.3. The van der Waals surface area contributed by atoms with Gasteiger partial charge in [-0.25, -0.2) is 9.69 Å². The second-order valence-corrected chi connectivity index (χ2v) is 8.80. The number of imide groups is 1. The molecule has 0 spiro atoms. The van der Waals surface area contributed by atoms with Gasteiger partial charge in [0.25, 0.3) is 5.91 Å². The van der Waals surface area contributed by atoms with E-state index in [4.69, 9.17) is 21.9 Å². The number of amides is 4. The molecule has 210 valence electrons. The quantitative estimate of drug-likeness (QED) is 0.128. The lowest BCUT2D eigenvalue weighted by Gasteiger charge is -2.29. The molecule has 0 saturated heterocycles. The van der Waals surface area contributed by atoms with Gasteiger partial charge in [0, 0.05) is 12.2 Å². The number of nitrogens with one attached hydrogen (secondary N) is 2. The summed E-state index contributed by atoms with van der Waals surface area (Å²) in [6, 6.07) is 20.5. The Morgan fingerprint density at radius 2 is 1.62 bits per heavy atom. The van der Waals surface area contributed by atoms with Crippen molar-refractivity contribution in [2.24, 2.45) is 22.2 Å². The number of nitrogens with zero attached hydrogens (tertiary/aromatic N) is 2. The minimum Gasteiger partial charge on any atom is -0.444 e. The molecule has 12 heteroatoms. The molecule has 4 amide bonds. The van der Waals surface area contributed by atoms with Crippen molar-refractivity contribution in [3.05, 3.63) is 78.4 Å². The summed E-state index contributed by atoms with van der Waals surface area (Å²) in [7, 11) is 0. The van der Waals surface area contributed by atoms with Crippen LogP contribution in [0.3, 0.4) is 0 Å². The Bertz CT molecular complexity index is 1360. The van der Waals surface area contributed by atoms with E-state index in [9.17, 15) is 19.2 Å². The molecule has 0 aliphatic heterocycles. The molecular weight excluding hydrogens is 514 g/mol. The fraction of sp³-hybridized carbons (Fsp3) is 0.250. The van der Waals surface area contributed by atoms with Crippen LogP contribution in [0, 0.1) is 0 Å². The van der Waals surface area contributed by atoms with Gasteiger partial charge in [-0.3, -0.25) is 19.4 Å². The summed E-state index contributed by atoms with van der Waals surface area (Å²) < 4.78 is 5.41. The van der Waals surface area contributed by atoms with Gasteiger partial charge in [0.2, 0.25) is 11.8 Å². The van der Waals surface area contributed by atoms with Crippen molar-refractivity contribution in [3.63, 3.8) is 0 Å². The van der Waals surface area contributed by atoms with Crippen LogP contribution >= 0.6 is 0 Å². The van der Waals surface area contributed by atoms with E-state index in [0.29, 0.717) is 16.2 Å². The summed E-state index contributed by atoms with van der Waals surface area (Å²) in [5.74, 6) is -2.21. The summed E-state index contributed by atoms with van der Waals surface area (Å²) in [5, 5.41) is 7.00. The van der Waals surface area contributed by atoms with E-state index >= 15 is 0 Å². The maximum atomic E-state index is 13.6. The van der Waals surface area contributed by atoms with Gasteiger partial charge in [-0.05, 0) is 41.3 Å². The predicted molar refractivity (Wildman–Crippen MR) is 152 cm³/mol. The lowest BCUT2D eigenvalue weighted by Crippen LogP contribution is -2.53. The Morgan fingerprint density at radius 3 is 2.33 bits per heavy atom. The zero-order valence-electron chi connectivity index (χ0n) is 21.9.